The summed E-state index contributed by atoms with van der Waals surface area (Å²) >= 11 is 7.37. The van der Waals surface area contributed by atoms with Crippen molar-refractivity contribution in [2.75, 3.05) is 5.32 Å². The molecule has 0 aromatic carbocycles. The molecule has 2 heterocycles. The molecule has 27 heavy (non-hydrogen) atoms. The van der Waals surface area contributed by atoms with Crippen molar-refractivity contribution in [2.45, 2.75) is 59.1 Å². The van der Waals surface area contributed by atoms with Crippen LogP contribution in [-0.4, -0.2) is 27.8 Å². The van der Waals surface area contributed by atoms with Gasteiger partial charge in [0.15, 0.2) is 0 Å². The van der Waals surface area contributed by atoms with Gasteiger partial charge in [0, 0.05) is 11.1 Å². The Hall–Kier alpha value is -1.86. The van der Waals surface area contributed by atoms with E-state index in [4.69, 9.17) is 16.3 Å². The summed E-state index contributed by atoms with van der Waals surface area (Å²) in [5.74, 6) is -0.834. The summed E-state index contributed by atoms with van der Waals surface area (Å²) in [6.07, 6.45) is 6.97. The van der Waals surface area contributed by atoms with Crippen LogP contribution in [0.2, 0.25) is 5.02 Å². The Morgan fingerprint density at radius 2 is 2.07 bits per heavy atom. The van der Waals surface area contributed by atoms with E-state index in [-0.39, 0.29) is 23.9 Å². The number of thiophene rings is 1. The monoisotopic (exact) mass is 409 g/mol. The first-order chi connectivity index (χ1) is 12.8. The first-order valence-electron chi connectivity index (χ1n) is 9.19. The molecular formula is C19H24ClN3O3S. The lowest BCUT2D eigenvalue weighted by Crippen LogP contribution is -2.25. The number of hydrogen-bond donors (Lipinski definition) is 1. The summed E-state index contributed by atoms with van der Waals surface area (Å²) < 4.78 is 7.07. The molecule has 8 heteroatoms. The number of halogens is 1. The average molecular weight is 410 g/mol. The van der Waals surface area contributed by atoms with Crippen LogP contribution < -0.4 is 5.32 Å². The molecule has 1 unspecified atom stereocenters. The van der Waals surface area contributed by atoms with Gasteiger partial charge in [-0.2, -0.15) is 5.10 Å². The van der Waals surface area contributed by atoms with Gasteiger partial charge in [0.2, 0.25) is 5.91 Å². The molecule has 1 aliphatic rings. The molecule has 2 aromatic rings. The Labute approximate surface area is 167 Å². The highest BCUT2D eigenvalue weighted by atomic mass is 35.5. The van der Waals surface area contributed by atoms with Crippen LogP contribution in [0.15, 0.2) is 12.4 Å². The number of ether oxygens (including phenoxy) is 1. The van der Waals surface area contributed by atoms with E-state index >= 15 is 0 Å². The van der Waals surface area contributed by atoms with E-state index in [1.807, 2.05) is 20.8 Å². The fourth-order valence-electron chi connectivity index (χ4n) is 3.18. The average Bonchev–Trinajstić information content (AvgIpc) is 3.16. The molecule has 0 radical (unpaired) electrons. The number of aryl methyl sites for hydroxylation is 1. The molecule has 0 fully saturated rings. The van der Waals surface area contributed by atoms with E-state index in [1.54, 1.807) is 17.1 Å². The Kier molecular flexibility index (Phi) is 6.22. The standard InChI is InChI=1S/C19H24ClN3O3S/c1-11(2)26-19(25)16-14-6-4-5-7-15(14)27-18(16)22-17(24)12(3)9-23-10-13(20)8-21-23/h8,10-12H,4-7,9H2,1-3H3,(H,22,24). The largest absolute Gasteiger partial charge is 0.459 e. The molecule has 0 spiro atoms. The predicted octanol–water partition coefficient (Wildman–Crippen LogP) is 4.32. The van der Waals surface area contributed by atoms with E-state index in [0.29, 0.717) is 22.1 Å². The molecule has 0 aliphatic heterocycles. The van der Waals surface area contributed by atoms with E-state index in [1.165, 1.54) is 16.2 Å². The highest BCUT2D eigenvalue weighted by Gasteiger charge is 2.28. The van der Waals surface area contributed by atoms with E-state index in [9.17, 15) is 9.59 Å². The zero-order chi connectivity index (χ0) is 19.6. The molecule has 0 saturated carbocycles. The Bertz CT molecular complexity index is 843. The molecule has 0 saturated heterocycles. The molecule has 1 N–H and O–H groups in total. The van der Waals surface area contributed by atoms with Gasteiger partial charge in [0.25, 0.3) is 0 Å². The van der Waals surface area contributed by atoms with Crippen LogP contribution in [0.25, 0.3) is 0 Å². The third kappa shape index (κ3) is 4.71. The van der Waals surface area contributed by atoms with Gasteiger partial charge >= 0.3 is 5.97 Å². The topological polar surface area (TPSA) is 73.2 Å². The summed E-state index contributed by atoms with van der Waals surface area (Å²) in [4.78, 5) is 26.5. The maximum Gasteiger partial charge on any atom is 0.341 e. The number of anilines is 1. The van der Waals surface area contributed by atoms with Crippen molar-refractivity contribution in [1.82, 2.24) is 9.78 Å². The molecule has 146 valence electrons. The van der Waals surface area contributed by atoms with Crippen LogP contribution in [0, 0.1) is 5.92 Å². The summed E-state index contributed by atoms with van der Waals surface area (Å²) in [5, 5.41) is 8.20. The Balaban J connectivity index is 1.79. The first-order valence-corrected chi connectivity index (χ1v) is 10.4. The molecule has 2 aromatic heterocycles. The normalized spacial score (nSPS) is 14.7. The first kappa shape index (κ1) is 19.9. The van der Waals surface area contributed by atoms with Crippen LogP contribution in [0.1, 0.15) is 54.4 Å². The maximum atomic E-state index is 12.7. The zero-order valence-corrected chi connectivity index (χ0v) is 17.3. The minimum absolute atomic E-state index is 0.154. The second-order valence-electron chi connectivity index (χ2n) is 7.14. The van der Waals surface area contributed by atoms with Gasteiger partial charge < -0.3 is 10.1 Å². The third-order valence-electron chi connectivity index (χ3n) is 4.47. The van der Waals surface area contributed by atoms with Crippen LogP contribution in [0.5, 0.6) is 0 Å². The zero-order valence-electron chi connectivity index (χ0n) is 15.8. The lowest BCUT2D eigenvalue weighted by atomic mass is 9.95. The van der Waals surface area contributed by atoms with Crippen LogP contribution >= 0.6 is 22.9 Å². The number of aromatic nitrogens is 2. The van der Waals surface area contributed by atoms with Crippen molar-refractivity contribution in [2.24, 2.45) is 5.92 Å². The number of nitrogens with one attached hydrogen (secondary N) is 1. The van der Waals surface area contributed by atoms with Crippen molar-refractivity contribution < 1.29 is 14.3 Å². The molecule has 3 rings (SSSR count). The summed E-state index contributed by atoms with van der Waals surface area (Å²) in [6.45, 7) is 5.89. The Morgan fingerprint density at radius 1 is 1.33 bits per heavy atom. The van der Waals surface area contributed by atoms with Crippen molar-refractivity contribution in [1.29, 1.82) is 0 Å². The maximum absolute atomic E-state index is 12.7. The summed E-state index contributed by atoms with van der Waals surface area (Å²) in [5.41, 5.74) is 1.57. The third-order valence-corrected chi connectivity index (χ3v) is 5.87. The second-order valence-corrected chi connectivity index (χ2v) is 8.68. The number of esters is 1. The molecule has 1 aliphatic carbocycles. The number of carbonyl (C=O) groups is 2. The highest BCUT2D eigenvalue weighted by molar-refractivity contribution is 7.17. The van der Waals surface area contributed by atoms with Gasteiger partial charge in [-0.25, -0.2) is 4.79 Å². The molecule has 1 amide bonds. The highest BCUT2D eigenvalue weighted by Crippen LogP contribution is 2.39. The number of nitrogens with zero attached hydrogens (tertiary/aromatic N) is 2. The van der Waals surface area contributed by atoms with E-state index in [0.717, 1.165) is 31.2 Å². The van der Waals surface area contributed by atoms with Crippen LogP contribution in [0.4, 0.5) is 5.00 Å². The van der Waals surface area contributed by atoms with E-state index in [2.05, 4.69) is 10.4 Å². The van der Waals surface area contributed by atoms with Gasteiger partial charge in [0.05, 0.1) is 35.3 Å². The van der Waals surface area contributed by atoms with Crippen molar-refractivity contribution in [3.8, 4) is 0 Å². The predicted molar refractivity (Wildman–Crippen MR) is 107 cm³/mol. The number of carbonyl (C=O) groups excluding carboxylic acids is 2. The van der Waals surface area contributed by atoms with E-state index < -0.39 is 0 Å². The van der Waals surface area contributed by atoms with Crippen LogP contribution in [-0.2, 0) is 28.9 Å². The lowest BCUT2D eigenvalue weighted by molar-refractivity contribution is -0.119. The number of amides is 1. The molecule has 1 atom stereocenters. The number of fused-ring (bicyclic) bond motifs is 1. The fraction of sp³-hybridized carbons (Fsp3) is 0.526. The number of hydrogen-bond acceptors (Lipinski definition) is 5. The quantitative estimate of drug-likeness (QED) is 0.721. The van der Waals surface area contributed by atoms with Gasteiger partial charge in [-0.15, -0.1) is 11.3 Å². The summed E-state index contributed by atoms with van der Waals surface area (Å²) in [7, 11) is 0. The Morgan fingerprint density at radius 3 is 2.74 bits per heavy atom. The van der Waals surface area contributed by atoms with Crippen molar-refractivity contribution >= 4 is 39.8 Å². The molecular weight excluding hydrogens is 386 g/mol. The minimum Gasteiger partial charge on any atom is -0.459 e. The second kappa shape index (κ2) is 8.44. The van der Waals surface area contributed by atoms with Crippen molar-refractivity contribution in [3.63, 3.8) is 0 Å². The molecule has 6 nitrogen and oxygen atoms in total. The summed E-state index contributed by atoms with van der Waals surface area (Å²) in [6, 6.07) is 0. The fourth-order valence-corrected chi connectivity index (χ4v) is 4.62. The van der Waals surface area contributed by atoms with Crippen molar-refractivity contribution in [3.05, 3.63) is 33.4 Å². The molecule has 0 bridgehead atoms. The smallest absolute Gasteiger partial charge is 0.341 e. The lowest BCUT2D eigenvalue weighted by Gasteiger charge is -2.15. The SMILES string of the molecule is CC(C)OC(=O)c1c(NC(=O)C(C)Cn2cc(Cl)cn2)sc2c1CCCC2. The minimum atomic E-state index is -0.355. The van der Waals surface area contributed by atoms with Gasteiger partial charge in [-0.3, -0.25) is 9.48 Å². The van der Waals surface area contributed by atoms with Gasteiger partial charge in [0.1, 0.15) is 5.00 Å². The number of rotatable bonds is 6. The van der Waals surface area contributed by atoms with Crippen LogP contribution in [0.3, 0.4) is 0 Å². The van der Waals surface area contributed by atoms with Gasteiger partial charge in [-0.05, 0) is 45.1 Å². The van der Waals surface area contributed by atoms with Gasteiger partial charge in [-0.1, -0.05) is 18.5 Å².